The molecule has 9 heteroatoms. The molecule has 1 aromatic heterocycles. The van der Waals surface area contributed by atoms with Crippen LogP contribution in [0.5, 0.6) is 0 Å². The summed E-state index contributed by atoms with van der Waals surface area (Å²) < 4.78 is 55.6. The number of aromatic nitrogens is 1. The number of carbonyl (C=O) groups excluding carboxylic acids is 1. The van der Waals surface area contributed by atoms with E-state index in [0.29, 0.717) is 11.3 Å². The summed E-state index contributed by atoms with van der Waals surface area (Å²) in [7, 11) is 0. The standard InChI is InChI=1S/C21H19F4N3OS/c1-19(20(9-21(24,25)10-20)11-30-18(26)28-19)14-6-12(2-4-15(14)23)7-17(29)16-5-3-13(22)8-27-16/h2-6,8H,7,9-11H2,1H3,(H2,26,28)/t19-/m1/s1. The first-order chi connectivity index (χ1) is 14.0. The number of alkyl halides is 2. The van der Waals surface area contributed by atoms with Crippen molar-refractivity contribution in [2.75, 3.05) is 5.75 Å². The average Bonchev–Trinajstić information content (AvgIpc) is 2.65. The number of halogens is 4. The van der Waals surface area contributed by atoms with Gasteiger partial charge in [0.25, 0.3) is 0 Å². The number of aliphatic imine (C=N–C) groups is 1. The molecule has 2 aliphatic rings. The zero-order valence-electron chi connectivity index (χ0n) is 16.1. The van der Waals surface area contributed by atoms with Crippen molar-refractivity contribution in [3.63, 3.8) is 0 Å². The SMILES string of the molecule is C[C@]1(c2cc(CC(=O)c3ccc(F)cn3)ccc2F)N=C(N)SCC12CC(F)(F)C2. The van der Waals surface area contributed by atoms with Crippen molar-refractivity contribution in [2.24, 2.45) is 16.1 Å². The van der Waals surface area contributed by atoms with Gasteiger partial charge < -0.3 is 5.73 Å². The van der Waals surface area contributed by atoms with Crippen molar-refractivity contribution in [1.29, 1.82) is 0 Å². The Balaban J connectivity index is 1.69. The summed E-state index contributed by atoms with van der Waals surface area (Å²) in [4.78, 5) is 20.7. The minimum Gasteiger partial charge on any atom is -0.379 e. The van der Waals surface area contributed by atoms with Gasteiger partial charge >= 0.3 is 0 Å². The number of nitrogens with two attached hydrogens (primary N) is 1. The molecule has 0 unspecified atom stereocenters. The molecular weight excluding hydrogens is 418 g/mol. The summed E-state index contributed by atoms with van der Waals surface area (Å²) in [5.41, 5.74) is 4.39. The van der Waals surface area contributed by atoms with Crippen molar-refractivity contribution in [3.8, 4) is 0 Å². The maximum absolute atomic E-state index is 14.9. The molecule has 1 aliphatic heterocycles. The topological polar surface area (TPSA) is 68.3 Å². The zero-order valence-corrected chi connectivity index (χ0v) is 16.9. The number of hydrogen-bond acceptors (Lipinski definition) is 5. The number of amidine groups is 1. The Bertz CT molecular complexity index is 1030. The van der Waals surface area contributed by atoms with Gasteiger partial charge in [-0.15, -0.1) is 0 Å². The first-order valence-electron chi connectivity index (χ1n) is 9.33. The number of ketones is 1. The molecule has 1 saturated carbocycles. The van der Waals surface area contributed by atoms with Gasteiger partial charge in [-0.25, -0.2) is 17.6 Å². The largest absolute Gasteiger partial charge is 0.379 e. The minimum atomic E-state index is -2.82. The first kappa shape index (κ1) is 20.8. The lowest BCUT2D eigenvalue weighted by Gasteiger charge is -2.57. The van der Waals surface area contributed by atoms with Crippen LogP contribution in [0, 0.1) is 17.0 Å². The molecular formula is C21H19F4N3OS. The van der Waals surface area contributed by atoms with E-state index in [1.165, 1.54) is 36.0 Å². The third kappa shape index (κ3) is 3.49. The quantitative estimate of drug-likeness (QED) is 0.566. The van der Waals surface area contributed by atoms with E-state index < -0.39 is 41.4 Å². The molecule has 0 radical (unpaired) electrons. The van der Waals surface area contributed by atoms with E-state index in [2.05, 4.69) is 9.98 Å². The Morgan fingerprint density at radius 3 is 2.57 bits per heavy atom. The van der Waals surface area contributed by atoms with Gasteiger partial charge in [0.15, 0.2) is 11.0 Å². The molecule has 1 spiro atoms. The van der Waals surface area contributed by atoms with Crippen LogP contribution in [0.3, 0.4) is 0 Å². The van der Waals surface area contributed by atoms with E-state index in [4.69, 9.17) is 5.73 Å². The van der Waals surface area contributed by atoms with Crippen LogP contribution in [0.25, 0.3) is 0 Å². The van der Waals surface area contributed by atoms with Crippen LogP contribution >= 0.6 is 11.8 Å². The second kappa shape index (κ2) is 7.08. The lowest BCUT2D eigenvalue weighted by atomic mass is 9.55. The molecule has 4 nitrogen and oxygen atoms in total. The molecule has 1 atom stereocenters. The molecule has 30 heavy (non-hydrogen) atoms. The zero-order chi connectivity index (χ0) is 21.7. The molecule has 4 rings (SSSR count). The number of Topliss-reactive ketones (excluding diaryl/α,β-unsaturated/α-hetero) is 1. The van der Waals surface area contributed by atoms with Gasteiger partial charge in [0.1, 0.15) is 17.3 Å². The highest BCUT2D eigenvalue weighted by Gasteiger charge is 2.66. The minimum absolute atomic E-state index is 0.0833. The normalized spacial score (nSPS) is 24.2. The number of hydrogen-bond donors (Lipinski definition) is 1. The molecule has 1 aromatic carbocycles. The Labute approximate surface area is 175 Å². The molecule has 158 valence electrons. The molecule has 1 aliphatic carbocycles. The highest BCUT2D eigenvalue weighted by atomic mass is 32.2. The fraction of sp³-hybridized carbons (Fsp3) is 0.381. The van der Waals surface area contributed by atoms with Crippen LogP contribution < -0.4 is 5.73 Å². The lowest BCUT2D eigenvalue weighted by molar-refractivity contribution is -0.178. The van der Waals surface area contributed by atoms with Crippen LogP contribution in [-0.4, -0.2) is 27.6 Å². The second-order valence-corrected chi connectivity index (χ2v) is 9.07. The van der Waals surface area contributed by atoms with E-state index in [0.717, 1.165) is 12.3 Å². The average molecular weight is 437 g/mol. The molecule has 2 N–H and O–H groups in total. The van der Waals surface area contributed by atoms with Gasteiger partial charge in [-0.2, -0.15) is 0 Å². The molecule has 1 fully saturated rings. The van der Waals surface area contributed by atoms with Crippen LogP contribution in [0.2, 0.25) is 0 Å². The Hall–Kier alpha value is -2.42. The monoisotopic (exact) mass is 437 g/mol. The molecule has 0 saturated heterocycles. The van der Waals surface area contributed by atoms with Crippen molar-refractivity contribution >= 4 is 22.7 Å². The predicted octanol–water partition coefficient (Wildman–Crippen LogP) is 4.48. The predicted molar refractivity (Wildman–Crippen MR) is 107 cm³/mol. The third-order valence-electron chi connectivity index (χ3n) is 5.99. The first-order valence-corrected chi connectivity index (χ1v) is 10.3. The van der Waals surface area contributed by atoms with Crippen molar-refractivity contribution in [2.45, 2.75) is 37.6 Å². The maximum Gasteiger partial charge on any atom is 0.249 e. The van der Waals surface area contributed by atoms with E-state index in [9.17, 15) is 22.4 Å². The number of thioether (sulfide) groups is 1. The molecule has 2 heterocycles. The van der Waals surface area contributed by atoms with Crippen LogP contribution in [0.15, 0.2) is 41.5 Å². The van der Waals surface area contributed by atoms with Crippen molar-refractivity contribution in [3.05, 3.63) is 65.0 Å². The fourth-order valence-corrected chi connectivity index (χ4v) is 5.48. The fourth-order valence-electron chi connectivity index (χ4n) is 4.33. The number of benzene rings is 1. The third-order valence-corrected chi connectivity index (χ3v) is 7.07. The summed E-state index contributed by atoms with van der Waals surface area (Å²) in [5.74, 6) is -4.02. The molecule has 2 aromatic rings. The smallest absolute Gasteiger partial charge is 0.249 e. The number of carbonyl (C=O) groups is 1. The van der Waals surface area contributed by atoms with Crippen LogP contribution in [0.1, 0.15) is 41.4 Å². The molecule has 0 amide bonds. The van der Waals surface area contributed by atoms with E-state index in [-0.39, 0.29) is 28.6 Å². The summed E-state index contributed by atoms with van der Waals surface area (Å²) in [5, 5.41) is 0.217. The number of rotatable bonds is 4. The van der Waals surface area contributed by atoms with Crippen LogP contribution in [0.4, 0.5) is 17.6 Å². The highest BCUT2D eigenvalue weighted by molar-refractivity contribution is 8.13. The Kier molecular flexibility index (Phi) is 4.91. The van der Waals surface area contributed by atoms with Crippen molar-refractivity contribution < 1.29 is 22.4 Å². The van der Waals surface area contributed by atoms with Gasteiger partial charge in [0.2, 0.25) is 5.92 Å². The Morgan fingerprint density at radius 2 is 1.93 bits per heavy atom. The van der Waals surface area contributed by atoms with E-state index in [1.54, 1.807) is 6.92 Å². The lowest BCUT2D eigenvalue weighted by Crippen LogP contribution is -2.60. The van der Waals surface area contributed by atoms with Gasteiger partial charge in [0, 0.05) is 36.0 Å². The van der Waals surface area contributed by atoms with E-state index >= 15 is 0 Å². The highest BCUT2D eigenvalue weighted by Crippen LogP contribution is 2.64. The van der Waals surface area contributed by atoms with Crippen LogP contribution in [-0.2, 0) is 12.0 Å². The summed E-state index contributed by atoms with van der Waals surface area (Å²) in [6.45, 7) is 1.63. The number of nitrogens with zero attached hydrogens (tertiary/aromatic N) is 2. The second-order valence-electron chi connectivity index (χ2n) is 8.08. The number of pyridine rings is 1. The van der Waals surface area contributed by atoms with Crippen molar-refractivity contribution in [1.82, 2.24) is 4.98 Å². The summed E-state index contributed by atoms with van der Waals surface area (Å²) in [6.07, 6.45) is 0.0475. The summed E-state index contributed by atoms with van der Waals surface area (Å²) >= 11 is 1.20. The van der Waals surface area contributed by atoms with Gasteiger partial charge in [-0.3, -0.25) is 14.8 Å². The van der Waals surface area contributed by atoms with Gasteiger partial charge in [-0.05, 0) is 36.8 Å². The van der Waals surface area contributed by atoms with Gasteiger partial charge in [0.05, 0.1) is 11.7 Å². The summed E-state index contributed by atoms with van der Waals surface area (Å²) in [6, 6.07) is 6.56. The maximum atomic E-state index is 14.9. The van der Waals surface area contributed by atoms with Gasteiger partial charge in [-0.1, -0.05) is 17.8 Å². The Morgan fingerprint density at radius 1 is 1.20 bits per heavy atom. The van der Waals surface area contributed by atoms with E-state index in [1.807, 2.05) is 0 Å². The molecule has 0 bridgehead atoms.